The van der Waals surface area contributed by atoms with Gasteiger partial charge >= 0.3 is 0 Å². The molecule has 0 spiro atoms. The Hall–Kier alpha value is -6.69. The normalized spacial score (nSPS) is 11.8. The van der Waals surface area contributed by atoms with E-state index in [1.54, 1.807) is 0 Å². The lowest BCUT2D eigenvalue weighted by Crippen LogP contribution is -2.01. The Kier molecular flexibility index (Phi) is 6.39. The molecule has 0 bridgehead atoms. The summed E-state index contributed by atoms with van der Waals surface area (Å²) in [6, 6.07) is 60.2. The fourth-order valence-electron chi connectivity index (χ4n) is 7.90. The van der Waals surface area contributed by atoms with Crippen molar-refractivity contribution < 1.29 is 0 Å². The Bertz CT molecular complexity index is 3030. The third kappa shape index (κ3) is 4.43. The number of benzene rings is 8. The Morgan fingerprint density at radius 2 is 0.885 bits per heavy atom. The van der Waals surface area contributed by atoms with Crippen LogP contribution < -0.4 is 0 Å². The molecule has 0 aliphatic carbocycles. The molecule has 11 rings (SSSR count). The lowest BCUT2D eigenvalue weighted by atomic mass is 10.00. The van der Waals surface area contributed by atoms with Crippen LogP contribution in [-0.2, 0) is 0 Å². The molecule has 0 amide bonds. The van der Waals surface area contributed by atoms with Gasteiger partial charge in [0.25, 0.3) is 0 Å². The number of nitrogens with zero attached hydrogens (tertiary/aromatic N) is 4. The summed E-state index contributed by atoms with van der Waals surface area (Å²) >= 11 is 1.81. The van der Waals surface area contributed by atoms with Crippen molar-refractivity contribution >= 4 is 74.9 Å². The van der Waals surface area contributed by atoms with Crippen LogP contribution >= 0.6 is 11.3 Å². The lowest BCUT2D eigenvalue weighted by Gasteiger charge is -2.13. The topological polar surface area (TPSA) is 43.6 Å². The van der Waals surface area contributed by atoms with Gasteiger partial charge in [-0.25, -0.2) is 15.0 Å². The molecule has 3 aromatic heterocycles. The van der Waals surface area contributed by atoms with E-state index in [1.165, 1.54) is 58.1 Å². The number of fused-ring (bicyclic) bond motifs is 10. The minimum absolute atomic E-state index is 0.650. The molecule has 0 aliphatic heterocycles. The molecule has 0 unspecified atom stereocenters. The van der Waals surface area contributed by atoms with E-state index in [9.17, 15) is 0 Å². The van der Waals surface area contributed by atoms with Crippen molar-refractivity contribution in [1.82, 2.24) is 19.5 Å². The van der Waals surface area contributed by atoms with Gasteiger partial charge in [-0.3, -0.25) is 0 Å². The third-order valence-corrected chi connectivity index (χ3v) is 11.3. The van der Waals surface area contributed by atoms with E-state index >= 15 is 0 Å². The fourth-order valence-corrected chi connectivity index (χ4v) is 9.07. The van der Waals surface area contributed by atoms with Crippen molar-refractivity contribution in [2.24, 2.45) is 0 Å². The van der Waals surface area contributed by atoms with Crippen molar-refractivity contribution in [2.45, 2.75) is 0 Å². The first-order valence-electron chi connectivity index (χ1n) is 17.5. The summed E-state index contributed by atoms with van der Waals surface area (Å²) in [6.07, 6.45) is 0. The Morgan fingerprint density at radius 3 is 1.48 bits per heavy atom. The molecule has 0 radical (unpaired) electrons. The number of hydrogen-bond donors (Lipinski definition) is 0. The summed E-state index contributed by atoms with van der Waals surface area (Å²) in [5.74, 6) is 1.95. The van der Waals surface area contributed by atoms with E-state index in [1.807, 2.05) is 47.7 Å². The first kappa shape index (κ1) is 29.1. The molecule has 0 aliphatic rings. The lowest BCUT2D eigenvalue weighted by molar-refractivity contribution is 1.07. The summed E-state index contributed by atoms with van der Waals surface area (Å²) in [6.45, 7) is 0. The maximum Gasteiger partial charge on any atom is 0.164 e. The van der Waals surface area contributed by atoms with Crippen molar-refractivity contribution in [3.05, 3.63) is 170 Å². The van der Waals surface area contributed by atoms with Crippen molar-refractivity contribution in [2.75, 3.05) is 0 Å². The highest BCUT2D eigenvalue weighted by molar-refractivity contribution is 7.26. The van der Waals surface area contributed by atoms with E-state index < -0.39 is 0 Å². The van der Waals surface area contributed by atoms with E-state index in [-0.39, 0.29) is 0 Å². The zero-order valence-corrected chi connectivity index (χ0v) is 28.7. The van der Waals surface area contributed by atoms with Crippen LogP contribution in [0, 0.1) is 0 Å². The smallest absolute Gasteiger partial charge is 0.164 e. The van der Waals surface area contributed by atoms with Crippen LogP contribution in [0.2, 0.25) is 0 Å². The Morgan fingerprint density at radius 1 is 0.385 bits per heavy atom. The number of thiophene rings is 1. The summed E-state index contributed by atoms with van der Waals surface area (Å²) < 4.78 is 4.86. The fraction of sp³-hybridized carbons (Fsp3) is 0. The monoisotopic (exact) mass is 680 g/mol. The molecule has 3 heterocycles. The minimum atomic E-state index is 0.650. The molecule has 0 atom stereocenters. The van der Waals surface area contributed by atoms with Gasteiger partial charge in [0.15, 0.2) is 17.5 Å². The SMILES string of the molecule is c1ccc(-c2nc(-c3ccccc3)nc(-c3cc(-n4c5ccc6ccccc6c5c5c6ccccc6ccc54)cc4sc5ccccc5c34)n2)cc1. The van der Waals surface area contributed by atoms with Gasteiger partial charge in [0.2, 0.25) is 0 Å². The zero-order valence-electron chi connectivity index (χ0n) is 27.9. The van der Waals surface area contributed by atoms with Gasteiger partial charge in [0, 0.05) is 53.3 Å². The average molecular weight is 681 g/mol. The van der Waals surface area contributed by atoms with E-state index in [2.05, 4.69) is 138 Å². The van der Waals surface area contributed by atoms with Gasteiger partial charge in [-0.05, 0) is 51.9 Å². The molecule has 0 fully saturated rings. The Labute approximate surface area is 302 Å². The van der Waals surface area contributed by atoms with Gasteiger partial charge in [-0.15, -0.1) is 11.3 Å². The zero-order chi connectivity index (χ0) is 34.2. The highest BCUT2D eigenvalue weighted by atomic mass is 32.1. The van der Waals surface area contributed by atoms with Crippen LogP contribution in [0.15, 0.2) is 170 Å². The van der Waals surface area contributed by atoms with Crippen LogP contribution in [-0.4, -0.2) is 19.5 Å². The van der Waals surface area contributed by atoms with Gasteiger partial charge in [0.05, 0.1) is 11.0 Å². The Balaban J connectivity index is 1.28. The first-order valence-corrected chi connectivity index (χ1v) is 18.3. The highest BCUT2D eigenvalue weighted by Crippen LogP contribution is 2.45. The molecule has 242 valence electrons. The van der Waals surface area contributed by atoms with Gasteiger partial charge in [0.1, 0.15) is 0 Å². The molecule has 0 N–H and O–H groups in total. The molecular formula is C47H28N4S. The minimum Gasteiger partial charge on any atom is -0.309 e. The van der Waals surface area contributed by atoms with Crippen LogP contribution in [0.3, 0.4) is 0 Å². The van der Waals surface area contributed by atoms with Crippen molar-refractivity contribution in [3.8, 4) is 39.9 Å². The van der Waals surface area contributed by atoms with Gasteiger partial charge in [-0.1, -0.05) is 140 Å². The molecular weight excluding hydrogens is 653 g/mol. The number of hydrogen-bond acceptors (Lipinski definition) is 4. The standard InChI is InChI=1S/C47H28N4S/c1-3-15-31(16-4-1)45-48-46(32-17-5-2-6-18-32)50-47(49-45)37-27-33(28-41-42(37)36-21-11-12-22-40(36)52-41)51-38-25-23-29-13-7-9-19-34(29)43(38)44-35-20-10-8-14-30(35)24-26-39(44)51/h1-28H. The molecule has 0 saturated heterocycles. The first-order chi connectivity index (χ1) is 25.8. The van der Waals surface area contributed by atoms with Crippen molar-refractivity contribution in [1.29, 1.82) is 0 Å². The van der Waals surface area contributed by atoms with Gasteiger partial charge in [-0.2, -0.15) is 0 Å². The number of rotatable bonds is 4. The molecule has 4 nitrogen and oxygen atoms in total. The summed E-state index contributed by atoms with van der Waals surface area (Å²) in [5, 5.41) is 9.85. The molecule has 52 heavy (non-hydrogen) atoms. The van der Waals surface area contributed by atoms with E-state index in [4.69, 9.17) is 15.0 Å². The molecule has 5 heteroatoms. The predicted octanol–water partition coefficient (Wildman–Crippen LogP) is 12.6. The second-order valence-electron chi connectivity index (χ2n) is 13.2. The van der Waals surface area contributed by atoms with Crippen LogP contribution in [0.5, 0.6) is 0 Å². The van der Waals surface area contributed by atoms with Crippen LogP contribution in [0.1, 0.15) is 0 Å². The second kappa shape index (κ2) is 11.4. The largest absolute Gasteiger partial charge is 0.309 e. The predicted molar refractivity (Wildman–Crippen MR) is 218 cm³/mol. The quantitative estimate of drug-likeness (QED) is 0.186. The summed E-state index contributed by atoms with van der Waals surface area (Å²) in [7, 11) is 0. The summed E-state index contributed by atoms with van der Waals surface area (Å²) in [4.78, 5) is 15.5. The summed E-state index contributed by atoms with van der Waals surface area (Å²) in [5.41, 5.74) is 6.30. The molecule has 8 aromatic carbocycles. The maximum atomic E-state index is 5.24. The second-order valence-corrected chi connectivity index (χ2v) is 14.3. The maximum absolute atomic E-state index is 5.24. The van der Waals surface area contributed by atoms with Crippen molar-refractivity contribution in [3.63, 3.8) is 0 Å². The highest BCUT2D eigenvalue weighted by Gasteiger charge is 2.22. The van der Waals surface area contributed by atoms with E-state index in [0.717, 1.165) is 27.8 Å². The molecule has 11 aromatic rings. The molecule has 0 saturated carbocycles. The van der Waals surface area contributed by atoms with Crippen LogP contribution in [0.25, 0.3) is 103 Å². The number of aromatic nitrogens is 4. The average Bonchev–Trinajstić information content (AvgIpc) is 3.77. The van der Waals surface area contributed by atoms with Gasteiger partial charge < -0.3 is 4.57 Å². The van der Waals surface area contributed by atoms with Crippen LogP contribution in [0.4, 0.5) is 0 Å². The van der Waals surface area contributed by atoms with E-state index in [0.29, 0.717) is 17.5 Å². The third-order valence-electron chi connectivity index (χ3n) is 10.2.